The van der Waals surface area contributed by atoms with Crippen LogP contribution >= 0.6 is 27.5 Å². The first-order valence-electron chi connectivity index (χ1n) is 6.46. The maximum Gasteiger partial charge on any atom is 0.106 e. The topological polar surface area (TPSA) is 13.1 Å². The van der Waals surface area contributed by atoms with Crippen molar-refractivity contribution < 1.29 is 4.42 Å². The molecule has 1 nitrogen and oxygen atoms in total. The second kappa shape index (κ2) is 5.27. The van der Waals surface area contributed by atoms with E-state index in [9.17, 15) is 0 Å². The number of hydrogen-bond acceptors (Lipinski definition) is 1. The van der Waals surface area contributed by atoms with Crippen molar-refractivity contribution in [2.75, 3.05) is 0 Å². The molecule has 0 amide bonds. The van der Waals surface area contributed by atoms with Gasteiger partial charge in [-0.2, -0.15) is 0 Å². The Labute approximate surface area is 131 Å². The fourth-order valence-corrected chi connectivity index (χ4v) is 3.46. The van der Waals surface area contributed by atoms with Gasteiger partial charge in [0.05, 0.1) is 5.38 Å². The fourth-order valence-electron chi connectivity index (χ4n) is 2.58. The van der Waals surface area contributed by atoms with Gasteiger partial charge >= 0.3 is 0 Å². The molecule has 0 radical (unpaired) electrons. The van der Waals surface area contributed by atoms with Crippen molar-refractivity contribution in [3.8, 4) is 0 Å². The number of halogens is 2. The molecule has 3 heteroatoms. The van der Waals surface area contributed by atoms with E-state index in [0.717, 1.165) is 27.1 Å². The van der Waals surface area contributed by atoms with Crippen LogP contribution in [0.25, 0.3) is 10.8 Å². The van der Waals surface area contributed by atoms with Gasteiger partial charge in [0.1, 0.15) is 11.5 Å². The summed E-state index contributed by atoms with van der Waals surface area (Å²) in [7, 11) is 0. The lowest BCUT2D eigenvalue weighted by molar-refractivity contribution is 0.501. The van der Waals surface area contributed by atoms with Crippen LogP contribution in [0.3, 0.4) is 0 Å². The monoisotopic (exact) mass is 348 g/mol. The van der Waals surface area contributed by atoms with Crippen molar-refractivity contribution in [1.29, 1.82) is 0 Å². The quantitative estimate of drug-likeness (QED) is 0.506. The molecule has 1 heterocycles. The lowest BCUT2D eigenvalue weighted by atomic mass is 9.98. The van der Waals surface area contributed by atoms with Crippen LogP contribution in [0.5, 0.6) is 0 Å². The number of furan rings is 1. The summed E-state index contributed by atoms with van der Waals surface area (Å²) in [6.07, 6.45) is 0. The summed E-state index contributed by atoms with van der Waals surface area (Å²) < 4.78 is 6.68. The van der Waals surface area contributed by atoms with Gasteiger partial charge in [-0.05, 0) is 42.3 Å². The summed E-state index contributed by atoms with van der Waals surface area (Å²) in [5.74, 6) is 1.78. The highest BCUT2D eigenvalue weighted by molar-refractivity contribution is 9.10. The van der Waals surface area contributed by atoms with E-state index < -0.39 is 0 Å². The summed E-state index contributed by atoms with van der Waals surface area (Å²) in [6.45, 7) is 3.90. The van der Waals surface area contributed by atoms with Crippen molar-refractivity contribution in [2.24, 2.45) is 0 Å². The molecule has 102 valence electrons. The number of benzene rings is 2. The minimum absolute atomic E-state index is 0.203. The number of alkyl halides is 1. The number of aryl methyl sites for hydroxylation is 2. The van der Waals surface area contributed by atoms with E-state index in [-0.39, 0.29) is 5.38 Å². The molecule has 0 aliphatic heterocycles. The van der Waals surface area contributed by atoms with Crippen LogP contribution in [0.1, 0.15) is 28.0 Å². The maximum atomic E-state index is 6.71. The summed E-state index contributed by atoms with van der Waals surface area (Å²) >= 11 is 10.3. The fraction of sp³-hybridized carbons (Fsp3) is 0.176. The van der Waals surface area contributed by atoms with Crippen LogP contribution in [0.15, 0.2) is 51.4 Å². The SMILES string of the molecule is Cc1cc(C(Cl)c2ccc(Br)c3ccccc23)c(C)o1. The summed E-state index contributed by atoms with van der Waals surface area (Å²) in [5, 5.41) is 2.14. The maximum absolute atomic E-state index is 6.71. The Balaban J connectivity index is 2.20. The van der Waals surface area contributed by atoms with Crippen LogP contribution in [-0.2, 0) is 0 Å². The van der Waals surface area contributed by atoms with Gasteiger partial charge in [0.2, 0.25) is 0 Å². The Hall–Kier alpha value is -1.25. The standard InChI is InChI=1S/C17H14BrClO/c1-10-9-15(11(2)20-10)17(19)14-7-8-16(18)13-6-4-3-5-12(13)14/h3-9,17H,1-2H3. The van der Waals surface area contributed by atoms with Gasteiger partial charge in [0.15, 0.2) is 0 Å². The normalized spacial score (nSPS) is 12.8. The first-order valence-corrected chi connectivity index (χ1v) is 7.69. The highest BCUT2D eigenvalue weighted by Crippen LogP contribution is 2.38. The average molecular weight is 350 g/mol. The zero-order valence-electron chi connectivity index (χ0n) is 11.3. The molecule has 0 fully saturated rings. The Kier molecular flexibility index (Phi) is 3.61. The molecule has 0 aliphatic carbocycles. The largest absolute Gasteiger partial charge is 0.466 e. The van der Waals surface area contributed by atoms with E-state index in [1.807, 2.05) is 32.0 Å². The van der Waals surface area contributed by atoms with Gasteiger partial charge in [0.25, 0.3) is 0 Å². The zero-order valence-corrected chi connectivity index (χ0v) is 13.6. The van der Waals surface area contributed by atoms with E-state index in [0.29, 0.717) is 0 Å². The van der Waals surface area contributed by atoms with Crippen molar-refractivity contribution in [1.82, 2.24) is 0 Å². The Morgan fingerprint density at radius 2 is 1.70 bits per heavy atom. The average Bonchev–Trinajstić information content (AvgIpc) is 2.78. The van der Waals surface area contributed by atoms with Gasteiger partial charge in [0, 0.05) is 10.0 Å². The Morgan fingerprint density at radius 1 is 1.00 bits per heavy atom. The summed E-state index contributed by atoms with van der Waals surface area (Å²) in [6, 6.07) is 14.4. The first kappa shape index (κ1) is 13.7. The molecule has 0 aliphatic rings. The molecule has 3 rings (SSSR count). The van der Waals surface area contributed by atoms with Crippen LogP contribution in [0.2, 0.25) is 0 Å². The molecule has 1 aromatic heterocycles. The molecular formula is C17H14BrClO. The van der Waals surface area contributed by atoms with Gasteiger partial charge in [-0.3, -0.25) is 0 Å². The van der Waals surface area contributed by atoms with E-state index in [1.54, 1.807) is 0 Å². The van der Waals surface area contributed by atoms with Crippen molar-refractivity contribution in [3.05, 3.63) is 69.6 Å². The zero-order chi connectivity index (χ0) is 14.3. The molecule has 0 bridgehead atoms. The molecule has 1 unspecified atom stereocenters. The third kappa shape index (κ3) is 2.27. The number of fused-ring (bicyclic) bond motifs is 1. The summed E-state index contributed by atoms with van der Waals surface area (Å²) in [5.41, 5.74) is 2.14. The molecule has 1 atom stereocenters. The lowest BCUT2D eigenvalue weighted by Gasteiger charge is -2.13. The molecule has 0 spiro atoms. The van der Waals surface area contributed by atoms with Crippen molar-refractivity contribution in [2.45, 2.75) is 19.2 Å². The van der Waals surface area contributed by atoms with Crippen molar-refractivity contribution >= 4 is 38.3 Å². The second-order valence-electron chi connectivity index (χ2n) is 4.91. The smallest absolute Gasteiger partial charge is 0.106 e. The Bertz CT molecular complexity index is 776. The van der Waals surface area contributed by atoms with Gasteiger partial charge in [-0.25, -0.2) is 0 Å². The third-order valence-corrected chi connectivity index (χ3v) is 4.69. The van der Waals surface area contributed by atoms with Gasteiger partial charge in [-0.15, -0.1) is 11.6 Å². The number of hydrogen-bond donors (Lipinski definition) is 0. The molecule has 0 saturated carbocycles. The van der Waals surface area contributed by atoms with Crippen LogP contribution in [0.4, 0.5) is 0 Å². The number of rotatable bonds is 2. The van der Waals surface area contributed by atoms with Crippen molar-refractivity contribution in [3.63, 3.8) is 0 Å². The van der Waals surface area contributed by atoms with E-state index >= 15 is 0 Å². The molecule has 0 N–H and O–H groups in total. The highest BCUT2D eigenvalue weighted by Gasteiger charge is 2.19. The van der Waals surface area contributed by atoms with E-state index in [1.165, 1.54) is 10.8 Å². The minimum atomic E-state index is -0.203. The molecule has 20 heavy (non-hydrogen) atoms. The molecule has 3 aromatic rings. The highest BCUT2D eigenvalue weighted by atomic mass is 79.9. The first-order chi connectivity index (χ1) is 9.58. The Morgan fingerprint density at radius 3 is 2.35 bits per heavy atom. The van der Waals surface area contributed by atoms with Crippen LogP contribution < -0.4 is 0 Å². The minimum Gasteiger partial charge on any atom is -0.466 e. The van der Waals surface area contributed by atoms with E-state index in [4.69, 9.17) is 16.0 Å². The van der Waals surface area contributed by atoms with Crippen LogP contribution in [0, 0.1) is 13.8 Å². The van der Waals surface area contributed by atoms with E-state index in [2.05, 4.69) is 40.2 Å². The summed E-state index contributed by atoms with van der Waals surface area (Å²) in [4.78, 5) is 0. The van der Waals surface area contributed by atoms with Gasteiger partial charge in [-0.1, -0.05) is 46.3 Å². The van der Waals surface area contributed by atoms with Gasteiger partial charge < -0.3 is 4.42 Å². The third-order valence-electron chi connectivity index (χ3n) is 3.53. The molecule has 2 aromatic carbocycles. The predicted molar refractivity (Wildman–Crippen MR) is 87.5 cm³/mol. The van der Waals surface area contributed by atoms with Crippen LogP contribution in [-0.4, -0.2) is 0 Å². The predicted octanol–water partition coefficient (Wildman–Crippen LogP) is 6.14. The molecular weight excluding hydrogens is 336 g/mol. The molecule has 0 saturated heterocycles. The second-order valence-corrected chi connectivity index (χ2v) is 6.20. The lowest BCUT2D eigenvalue weighted by Crippen LogP contribution is -1.95.